The van der Waals surface area contributed by atoms with Crippen molar-refractivity contribution < 1.29 is 9.53 Å². The molecule has 1 amide bonds. The summed E-state index contributed by atoms with van der Waals surface area (Å²) in [4.78, 5) is 16.2. The first-order valence-electron chi connectivity index (χ1n) is 7.05. The number of hydrogen-bond donors (Lipinski definition) is 2. The summed E-state index contributed by atoms with van der Waals surface area (Å²) < 4.78 is 5.27. The Balaban J connectivity index is 2.10. The molecule has 2 aromatic rings. The van der Waals surface area contributed by atoms with Crippen LogP contribution in [0.3, 0.4) is 0 Å². The Hall–Kier alpha value is -2.08. The fraction of sp³-hybridized carbons (Fsp3) is 0.375. The molecule has 6 heteroatoms. The van der Waals surface area contributed by atoms with Crippen LogP contribution in [0.4, 0.5) is 10.5 Å². The second-order valence-corrected chi connectivity index (χ2v) is 6.73. The van der Waals surface area contributed by atoms with Gasteiger partial charge in [0.1, 0.15) is 5.60 Å². The van der Waals surface area contributed by atoms with Crippen LogP contribution >= 0.6 is 11.3 Å². The monoisotopic (exact) mass is 319 g/mol. The Morgan fingerprint density at radius 3 is 2.59 bits per heavy atom. The molecule has 1 aromatic heterocycles. The number of nitrogens with one attached hydrogen (secondary N) is 1. The van der Waals surface area contributed by atoms with E-state index in [1.165, 1.54) is 11.3 Å². The van der Waals surface area contributed by atoms with Crippen molar-refractivity contribution in [2.24, 2.45) is 0 Å². The zero-order valence-corrected chi connectivity index (χ0v) is 13.8. The molecule has 1 aromatic carbocycles. The first-order valence-corrected chi connectivity index (χ1v) is 8.00. The minimum absolute atomic E-state index is 0.0284. The molecule has 0 spiro atoms. The number of nitrogens with zero attached hydrogens (tertiary/aromatic N) is 1. The van der Waals surface area contributed by atoms with Gasteiger partial charge in [-0.3, -0.25) is 0 Å². The van der Waals surface area contributed by atoms with Crippen molar-refractivity contribution in [3.05, 3.63) is 46.4 Å². The third-order valence-electron chi connectivity index (χ3n) is 3.00. The molecule has 1 heterocycles. The van der Waals surface area contributed by atoms with E-state index >= 15 is 0 Å². The van der Waals surface area contributed by atoms with Crippen molar-refractivity contribution in [3.8, 4) is 0 Å². The molecule has 0 bridgehead atoms. The van der Waals surface area contributed by atoms with Gasteiger partial charge in [0.05, 0.1) is 11.2 Å². The highest BCUT2D eigenvalue weighted by atomic mass is 32.1. The number of thiazole rings is 1. The number of anilines is 1. The zero-order chi connectivity index (χ0) is 16.2. The van der Waals surface area contributed by atoms with Crippen LogP contribution in [0.2, 0.25) is 0 Å². The van der Waals surface area contributed by atoms with E-state index in [1.54, 1.807) is 5.51 Å². The van der Waals surface area contributed by atoms with Crippen LogP contribution in [-0.2, 0) is 4.74 Å². The van der Waals surface area contributed by atoms with Gasteiger partial charge in [0.2, 0.25) is 0 Å². The van der Waals surface area contributed by atoms with Crippen molar-refractivity contribution in [3.63, 3.8) is 0 Å². The molecule has 5 nitrogen and oxygen atoms in total. The summed E-state index contributed by atoms with van der Waals surface area (Å²) in [7, 11) is 0. The second-order valence-electron chi connectivity index (χ2n) is 6.02. The maximum Gasteiger partial charge on any atom is 0.407 e. The van der Waals surface area contributed by atoms with Crippen LogP contribution in [0.25, 0.3) is 0 Å². The van der Waals surface area contributed by atoms with E-state index in [9.17, 15) is 4.79 Å². The van der Waals surface area contributed by atoms with Crippen LogP contribution in [0.5, 0.6) is 0 Å². The van der Waals surface area contributed by atoms with Gasteiger partial charge in [0.25, 0.3) is 0 Å². The molecule has 1 unspecified atom stereocenters. The maximum absolute atomic E-state index is 11.8. The summed E-state index contributed by atoms with van der Waals surface area (Å²) in [5.41, 5.74) is 9.69. The van der Waals surface area contributed by atoms with Crippen molar-refractivity contribution in [1.29, 1.82) is 0 Å². The smallest absolute Gasteiger partial charge is 0.407 e. The Labute approximate surface area is 134 Å². The van der Waals surface area contributed by atoms with Crippen molar-refractivity contribution in [2.45, 2.75) is 32.3 Å². The molecule has 22 heavy (non-hydrogen) atoms. The number of hydrogen-bond acceptors (Lipinski definition) is 5. The number of amides is 1. The van der Waals surface area contributed by atoms with Gasteiger partial charge in [-0.1, -0.05) is 12.1 Å². The third kappa shape index (κ3) is 4.73. The highest BCUT2D eigenvalue weighted by Gasteiger charge is 2.20. The van der Waals surface area contributed by atoms with Crippen molar-refractivity contribution in [2.75, 3.05) is 12.3 Å². The summed E-state index contributed by atoms with van der Waals surface area (Å²) in [5.74, 6) is -0.0284. The number of alkyl carbamates (subject to hydrolysis) is 1. The quantitative estimate of drug-likeness (QED) is 0.847. The summed E-state index contributed by atoms with van der Waals surface area (Å²) >= 11 is 1.53. The number of nitrogen functional groups attached to an aromatic ring is 1. The standard InChI is InChI=1S/C16H21N3O2S/c1-16(2,3)21-15(20)18-8-13(14-9-22-10-19-14)11-4-6-12(17)7-5-11/h4-7,9-10,13H,8,17H2,1-3H3,(H,18,20). The number of rotatable bonds is 4. The average Bonchev–Trinajstić information content (AvgIpc) is 2.93. The molecule has 0 saturated carbocycles. The van der Waals surface area contributed by atoms with Gasteiger partial charge >= 0.3 is 6.09 Å². The lowest BCUT2D eigenvalue weighted by atomic mass is 9.96. The fourth-order valence-electron chi connectivity index (χ4n) is 2.02. The Morgan fingerprint density at radius 2 is 2.05 bits per heavy atom. The van der Waals surface area contributed by atoms with E-state index < -0.39 is 11.7 Å². The molecule has 0 fully saturated rings. The van der Waals surface area contributed by atoms with Gasteiger partial charge in [0.15, 0.2) is 0 Å². The number of carbonyl (C=O) groups excluding carboxylic acids is 1. The van der Waals surface area contributed by atoms with Crippen LogP contribution in [0, 0.1) is 0 Å². The first-order chi connectivity index (χ1) is 10.3. The highest BCUT2D eigenvalue weighted by molar-refractivity contribution is 7.07. The zero-order valence-electron chi connectivity index (χ0n) is 13.0. The molecule has 3 N–H and O–H groups in total. The molecular formula is C16H21N3O2S. The lowest BCUT2D eigenvalue weighted by Crippen LogP contribution is -2.35. The first kappa shape index (κ1) is 16.3. The maximum atomic E-state index is 11.8. The summed E-state index contributed by atoms with van der Waals surface area (Å²) in [6.45, 7) is 5.93. The Kier molecular flexibility index (Phi) is 5.03. The van der Waals surface area contributed by atoms with E-state index in [2.05, 4.69) is 10.3 Å². The number of aromatic nitrogens is 1. The summed E-state index contributed by atoms with van der Waals surface area (Å²) in [6.07, 6.45) is -0.428. The lowest BCUT2D eigenvalue weighted by Gasteiger charge is -2.21. The summed E-state index contributed by atoms with van der Waals surface area (Å²) in [6, 6.07) is 7.61. The third-order valence-corrected chi connectivity index (χ3v) is 3.60. The molecule has 118 valence electrons. The molecular weight excluding hydrogens is 298 g/mol. The molecule has 0 aliphatic heterocycles. The van der Waals surface area contributed by atoms with Crippen LogP contribution < -0.4 is 11.1 Å². The number of benzene rings is 1. The van der Waals surface area contributed by atoms with Crippen molar-refractivity contribution in [1.82, 2.24) is 10.3 Å². The van der Waals surface area contributed by atoms with Gasteiger partial charge in [0, 0.05) is 23.5 Å². The van der Waals surface area contributed by atoms with Gasteiger partial charge in [-0.15, -0.1) is 11.3 Å². The minimum Gasteiger partial charge on any atom is -0.444 e. The van der Waals surface area contributed by atoms with Gasteiger partial charge in [-0.05, 0) is 38.5 Å². The molecule has 0 radical (unpaired) electrons. The average molecular weight is 319 g/mol. The fourth-order valence-corrected chi connectivity index (χ4v) is 2.62. The normalized spacial score (nSPS) is 12.7. The lowest BCUT2D eigenvalue weighted by molar-refractivity contribution is 0.0526. The topological polar surface area (TPSA) is 77.2 Å². The molecule has 1 atom stereocenters. The molecule has 0 saturated heterocycles. The van der Waals surface area contributed by atoms with E-state index in [4.69, 9.17) is 10.5 Å². The minimum atomic E-state index is -0.512. The molecule has 0 aliphatic carbocycles. The Bertz CT molecular complexity index is 603. The molecule has 0 aliphatic rings. The second kappa shape index (κ2) is 6.79. The van der Waals surface area contributed by atoms with Gasteiger partial charge in [-0.25, -0.2) is 9.78 Å². The van der Waals surface area contributed by atoms with E-state index in [0.29, 0.717) is 12.2 Å². The van der Waals surface area contributed by atoms with Gasteiger partial charge < -0.3 is 15.8 Å². The number of ether oxygens (including phenoxy) is 1. The van der Waals surface area contributed by atoms with E-state index in [1.807, 2.05) is 50.4 Å². The van der Waals surface area contributed by atoms with Crippen LogP contribution in [0.15, 0.2) is 35.2 Å². The number of carbonyl (C=O) groups is 1. The highest BCUT2D eigenvalue weighted by Crippen LogP contribution is 2.24. The van der Waals surface area contributed by atoms with Crippen LogP contribution in [-0.4, -0.2) is 23.2 Å². The van der Waals surface area contributed by atoms with E-state index in [0.717, 1.165) is 11.3 Å². The Morgan fingerprint density at radius 1 is 1.36 bits per heavy atom. The van der Waals surface area contributed by atoms with Gasteiger partial charge in [-0.2, -0.15) is 0 Å². The van der Waals surface area contributed by atoms with Crippen LogP contribution in [0.1, 0.15) is 37.9 Å². The van der Waals surface area contributed by atoms with E-state index in [-0.39, 0.29) is 5.92 Å². The predicted octanol–water partition coefficient (Wildman–Crippen LogP) is 3.38. The largest absolute Gasteiger partial charge is 0.444 e. The number of nitrogens with two attached hydrogens (primary N) is 1. The van der Waals surface area contributed by atoms with Crippen molar-refractivity contribution >= 4 is 23.1 Å². The molecule has 2 rings (SSSR count). The predicted molar refractivity (Wildman–Crippen MR) is 89.0 cm³/mol. The summed E-state index contributed by atoms with van der Waals surface area (Å²) in [5, 5.41) is 4.80. The SMILES string of the molecule is CC(C)(C)OC(=O)NCC(c1ccc(N)cc1)c1cscn1.